The number of hydrogen-bond acceptors (Lipinski definition) is 2. The molecule has 6 heteroatoms. The minimum Gasteiger partial charge on any atom is -0.505 e. The molecular weight excluding hydrogens is 340 g/mol. The van der Waals surface area contributed by atoms with Gasteiger partial charge in [0.05, 0.1) is 0 Å². The Hall–Kier alpha value is -2.76. The summed E-state index contributed by atoms with van der Waals surface area (Å²) in [6, 6.07) is 15.0. The maximum atomic E-state index is 13.2. The van der Waals surface area contributed by atoms with E-state index in [0.717, 1.165) is 5.56 Å². The fourth-order valence-electron chi connectivity index (χ4n) is 3.24. The second-order valence-corrected chi connectivity index (χ2v) is 6.06. The summed E-state index contributed by atoms with van der Waals surface area (Å²) in [6.07, 6.45) is 1.89. The topological polar surface area (TPSA) is 26.3 Å². The molecule has 0 saturated heterocycles. The van der Waals surface area contributed by atoms with Crippen molar-refractivity contribution >= 4 is 18.8 Å². The highest BCUT2D eigenvalue weighted by Crippen LogP contribution is 2.41. The van der Waals surface area contributed by atoms with Gasteiger partial charge in [0.1, 0.15) is 11.6 Å². The van der Waals surface area contributed by atoms with Crippen LogP contribution in [0, 0.1) is 5.82 Å². The minimum absolute atomic E-state index is 0.132. The molecule has 0 N–H and O–H groups in total. The van der Waals surface area contributed by atoms with Crippen LogP contribution in [0.2, 0.25) is 0 Å². The highest BCUT2D eigenvalue weighted by atomic mass is 19.2. The molecule has 0 aliphatic heterocycles. The van der Waals surface area contributed by atoms with Gasteiger partial charge in [-0.1, -0.05) is 42.5 Å². The molecule has 2 nitrogen and oxygen atoms in total. The van der Waals surface area contributed by atoms with Crippen molar-refractivity contribution in [2.45, 2.75) is 19.3 Å². The molecular formula is C20H16BF3O2. The van der Waals surface area contributed by atoms with Crippen molar-refractivity contribution in [3.8, 4) is 0 Å². The van der Waals surface area contributed by atoms with Crippen LogP contribution in [0.15, 0.2) is 72.0 Å². The van der Waals surface area contributed by atoms with E-state index in [9.17, 15) is 17.8 Å². The predicted octanol–water partition coefficient (Wildman–Crippen LogP) is 5.18. The van der Waals surface area contributed by atoms with Crippen LogP contribution in [0.1, 0.15) is 30.4 Å². The first-order valence-corrected chi connectivity index (χ1v) is 8.17. The first-order chi connectivity index (χ1) is 12.5. The van der Waals surface area contributed by atoms with Gasteiger partial charge in [0.25, 0.3) is 0 Å². The largest absolute Gasteiger partial charge is 0.796 e. The van der Waals surface area contributed by atoms with Gasteiger partial charge in [-0.2, -0.15) is 0 Å². The van der Waals surface area contributed by atoms with Crippen LogP contribution in [0.5, 0.6) is 0 Å². The maximum absolute atomic E-state index is 13.2. The second-order valence-electron chi connectivity index (χ2n) is 6.06. The lowest BCUT2D eigenvalue weighted by molar-refractivity contribution is -0.114. The molecule has 2 aromatic rings. The molecule has 0 spiro atoms. The number of hydrogen-bond donors (Lipinski definition) is 0. The van der Waals surface area contributed by atoms with E-state index in [0.29, 0.717) is 17.6 Å². The third kappa shape index (κ3) is 3.90. The molecule has 1 atom stereocenters. The van der Waals surface area contributed by atoms with Crippen molar-refractivity contribution in [3.63, 3.8) is 0 Å². The van der Waals surface area contributed by atoms with Crippen molar-refractivity contribution in [2.75, 3.05) is 0 Å². The lowest BCUT2D eigenvalue weighted by Crippen LogP contribution is -2.19. The zero-order chi connectivity index (χ0) is 18.7. The van der Waals surface area contributed by atoms with Gasteiger partial charge in [-0.15, -0.1) is 0 Å². The molecule has 2 aromatic carbocycles. The van der Waals surface area contributed by atoms with E-state index in [-0.39, 0.29) is 22.9 Å². The number of carbonyl (C=O) groups is 1. The average Bonchev–Trinajstić information content (AvgIpc) is 2.61. The number of halogens is 3. The minimum atomic E-state index is -3.04. The molecule has 0 unspecified atom stereocenters. The Morgan fingerprint density at radius 2 is 1.73 bits per heavy atom. The molecule has 0 heterocycles. The van der Waals surface area contributed by atoms with Gasteiger partial charge in [0, 0.05) is 11.5 Å². The lowest BCUT2D eigenvalue weighted by atomic mass is 9.78. The summed E-state index contributed by atoms with van der Waals surface area (Å²) in [6.45, 7) is 1.34. The van der Waals surface area contributed by atoms with E-state index in [2.05, 4.69) is 4.65 Å². The summed E-state index contributed by atoms with van der Waals surface area (Å²) in [4.78, 5) is 12.2. The van der Waals surface area contributed by atoms with E-state index in [4.69, 9.17) is 0 Å². The van der Waals surface area contributed by atoms with Crippen LogP contribution in [0.3, 0.4) is 0 Å². The fraction of sp³-hybridized carbons (Fsp3) is 0.150. The van der Waals surface area contributed by atoms with Crippen LogP contribution in [-0.2, 0) is 9.45 Å². The fourth-order valence-corrected chi connectivity index (χ4v) is 3.24. The molecule has 26 heavy (non-hydrogen) atoms. The van der Waals surface area contributed by atoms with Crippen LogP contribution < -0.4 is 0 Å². The number of ketones is 1. The number of Topliss-reactive ketones (excluding diaryl/α,β-unsaturated/α-hetero) is 1. The zero-order valence-corrected chi connectivity index (χ0v) is 14.1. The average molecular weight is 356 g/mol. The van der Waals surface area contributed by atoms with Crippen LogP contribution in [0.4, 0.5) is 13.0 Å². The van der Waals surface area contributed by atoms with Gasteiger partial charge in [0.2, 0.25) is 0 Å². The van der Waals surface area contributed by atoms with Gasteiger partial charge in [-0.25, -0.2) is 13.0 Å². The van der Waals surface area contributed by atoms with Crippen LogP contribution in [-0.4, -0.2) is 13.3 Å². The van der Waals surface area contributed by atoms with Crippen molar-refractivity contribution in [1.29, 1.82) is 0 Å². The molecule has 132 valence electrons. The molecule has 1 aliphatic carbocycles. The van der Waals surface area contributed by atoms with E-state index < -0.39 is 13.4 Å². The van der Waals surface area contributed by atoms with Crippen molar-refractivity contribution in [1.82, 2.24) is 0 Å². The standard InChI is InChI=1S/C20H16BF3O2/c1-13(25)20-18(15-5-3-2-4-6-15)11-16(12-19(20)26-21(23)24)14-7-9-17(22)10-8-14/h2-10,12,18H,11H2,1H3/t18-/m1/s1. The first kappa shape index (κ1) is 18.0. The normalized spacial score (nSPS) is 16.9. The Kier molecular flexibility index (Phi) is 5.31. The molecule has 0 amide bonds. The maximum Gasteiger partial charge on any atom is 0.796 e. The predicted molar refractivity (Wildman–Crippen MR) is 94.9 cm³/mol. The van der Waals surface area contributed by atoms with Crippen molar-refractivity contribution in [3.05, 3.63) is 88.9 Å². The van der Waals surface area contributed by atoms with Gasteiger partial charge >= 0.3 is 7.47 Å². The third-order valence-electron chi connectivity index (χ3n) is 4.36. The molecule has 0 saturated carbocycles. The third-order valence-corrected chi connectivity index (χ3v) is 4.36. The summed E-state index contributed by atoms with van der Waals surface area (Å²) in [5, 5.41) is 0. The quantitative estimate of drug-likeness (QED) is 0.690. The highest BCUT2D eigenvalue weighted by Gasteiger charge is 2.32. The van der Waals surface area contributed by atoms with Crippen molar-refractivity contribution < 1.29 is 22.5 Å². The Bertz CT molecular complexity index is 858. The molecule has 1 aliphatic rings. The molecule has 0 bridgehead atoms. The monoisotopic (exact) mass is 356 g/mol. The summed E-state index contributed by atoms with van der Waals surface area (Å²) < 4.78 is 43.7. The molecule has 0 aromatic heterocycles. The van der Waals surface area contributed by atoms with Gasteiger partial charge < -0.3 is 4.65 Å². The van der Waals surface area contributed by atoms with Crippen LogP contribution >= 0.6 is 0 Å². The van der Waals surface area contributed by atoms with E-state index in [1.807, 2.05) is 30.3 Å². The number of rotatable bonds is 5. The number of allylic oxidation sites excluding steroid dienone is 3. The Labute approximate surface area is 150 Å². The van der Waals surface area contributed by atoms with E-state index in [1.165, 1.54) is 25.1 Å². The summed E-state index contributed by atoms with van der Waals surface area (Å²) in [7, 11) is -3.04. The molecule has 3 rings (SSSR count). The van der Waals surface area contributed by atoms with Crippen molar-refractivity contribution in [2.24, 2.45) is 0 Å². The van der Waals surface area contributed by atoms with Gasteiger partial charge in [0.15, 0.2) is 5.78 Å². The Morgan fingerprint density at radius 1 is 1.08 bits per heavy atom. The SMILES string of the molecule is CC(=O)C1=C(OB(F)F)C=C(c2ccc(F)cc2)C[C@@H]1c1ccccc1. The number of carbonyl (C=O) groups excluding carboxylic acids is 1. The molecule has 0 radical (unpaired) electrons. The summed E-state index contributed by atoms with van der Waals surface area (Å²) in [5.41, 5.74) is 2.47. The first-order valence-electron chi connectivity index (χ1n) is 8.17. The second kappa shape index (κ2) is 7.64. The van der Waals surface area contributed by atoms with E-state index >= 15 is 0 Å². The summed E-state index contributed by atoms with van der Waals surface area (Å²) >= 11 is 0. The van der Waals surface area contributed by atoms with Crippen LogP contribution in [0.25, 0.3) is 5.57 Å². The van der Waals surface area contributed by atoms with Gasteiger partial charge in [-0.05, 0) is 48.3 Å². The Balaban J connectivity index is 2.13. The highest BCUT2D eigenvalue weighted by molar-refractivity contribution is 6.35. The smallest absolute Gasteiger partial charge is 0.505 e. The molecule has 0 fully saturated rings. The lowest BCUT2D eigenvalue weighted by Gasteiger charge is -2.27. The Morgan fingerprint density at radius 3 is 2.31 bits per heavy atom. The zero-order valence-electron chi connectivity index (χ0n) is 14.1. The van der Waals surface area contributed by atoms with E-state index in [1.54, 1.807) is 12.1 Å². The summed E-state index contributed by atoms with van der Waals surface area (Å²) in [5.74, 6) is -1.24. The number of benzene rings is 2. The van der Waals surface area contributed by atoms with Gasteiger partial charge in [-0.3, -0.25) is 4.79 Å².